The number of morpholine rings is 1. The molecule has 0 aliphatic carbocycles. The summed E-state index contributed by atoms with van der Waals surface area (Å²) in [5, 5.41) is 4.06. The molecule has 2 unspecified atom stereocenters. The molecule has 3 rings (SSSR count). The van der Waals surface area contributed by atoms with Gasteiger partial charge in [0.25, 0.3) is 5.91 Å². The first kappa shape index (κ1) is 15.8. The van der Waals surface area contributed by atoms with E-state index in [0.29, 0.717) is 24.5 Å². The summed E-state index contributed by atoms with van der Waals surface area (Å²) in [5.41, 5.74) is 2.56. The number of carbonyl (C=O) groups is 1. The van der Waals surface area contributed by atoms with Gasteiger partial charge in [0.2, 0.25) is 0 Å². The Labute approximate surface area is 136 Å². The van der Waals surface area contributed by atoms with Crippen LogP contribution in [0.2, 0.25) is 0 Å². The molecule has 0 N–H and O–H groups in total. The van der Waals surface area contributed by atoms with E-state index in [1.807, 2.05) is 56.2 Å². The lowest BCUT2D eigenvalue weighted by atomic mass is 10.1. The van der Waals surface area contributed by atoms with Gasteiger partial charge in [-0.1, -0.05) is 5.16 Å². The fraction of sp³-hybridized carbons (Fsp3) is 0.529. The van der Waals surface area contributed by atoms with Gasteiger partial charge in [0.1, 0.15) is 5.76 Å². The SMILES string of the molecule is Cc1cc(-n2c(C)cc(C(=O)N3CC(C)OCC3C)c2C)no1. The molecule has 1 aliphatic rings. The van der Waals surface area contributed by atoms with E-state index in [-0.39, 0.29) is 18.1 Å². The highest BCUT2D eigenvalue weighted by Crippen LogP contribution is 2.24. The molecular formula is C17H23N3O3. The predicted octanol–water partition coefficient (Wildman–Crippen LogP) is 2.64. The van der Waals surface area contributed by atoms with Crippen LogP contribution in [0, 0.1) is 20.8 Å². The molecule has 2 aromatic rings. The Kier molecular flexibility index (Phi) is 4.02. The van der Waals surface area contributed by atoms with Crippen molar-refractivity contribution in [1.29, 1.82) is 0 Å². The molecule has 1 fully saturated rings. The van der Waals surface area contributed by atoms with Gasteiger partial charge in [0.05, 0.1) is 24.3 Å². The van der Waals surface area contributed by atoms with Crippen LogP contribution in [0.15, 0.2) is 16.7 Å². The van der Waals surface area contributed by atoms with Crippen molar-refractivity contribution < 1.29 is 14.1 Å². The molecule has 3 heterocycles. The topological polar surface area (TPSA) is 60.5 Å². The molecule has 0 spiro atoms. The zero-order chi connectivity index (χ0) is 16.7. The van der Waals surface area contributed by atoms with Crippen LogP contribution in [0.3, 0.4) is 0 Å². The number of rotatable bonds is 2. The first-order chi connectivity index (χ1) is 10.9. The van der Waals surface area contributed by atoms with Gasteiger partial charge >= 0.3 is 0 Å². The zero-order valence-corrected chi connectivity index (χ0v) is 14.3. The maximum atomic E-state index is 13.0. The minimum Gasteiger partial charge on any atom is -0.375 e. The second-order valence-corrected chi connectivity index (χ2v) is 6.37. The van der Waals surface area contributed by atoms with Gasteiger partial charge in [-0.15, -0.1) is 0 Å². The summed E-state index contributed by atoms with van der Waals surface area (Å²) in [5.74, 6) is 1.50. The van der Waals surface area contributed by atoms with E-state index in [2.05, 4.69) is 5.16 Å². The van der Waals surface area contributed by atoms with Gasteiger partial charge in [0, 0.05) is 24.0 Å². The summed E-state index contributed by atoms with van der Waals surface area (Å²) in [6, 6.07) is 3.87. The second kappa shape index (κ2) is 5.85. The molecule has 124 valence electrons. The highest BCUT2D eigenvalue weighted by atomic mass is 16.5. The smallest absolute Gasteiger partial charge is 0.256 e. The van der Waals surface area contributed by atoms with Crippen LogP contribution in [-0.2, 0) is 4.74 Å². The van der Waals surface area contributed by atoms with E-state index in [1.54, 1.807) is 0 Å². The van der Waals surface area contributed by atoms with Crippen LogP contribution >= 0.6 is 0 Å². The number of carbonyl (C=O) groups excluding carboxylic acids is 1. The summed E-state index contributed by atoms with van der Waals surface area (Å²) in [6.45, 7) is 11.0. The Bertz CT molecular complexity index is 732. The minimum absolute atomic E-state index is 0.0483. The van der Waals surface area contributed by atoms with Gasteiger partial charge in [-0.05, 0) is 40.7 Å². The predicted molar refractivity (Wildman–Crippen MR) is 86.0 cm³/mol. The van der Waals surface area contributed by atoms with Crippen LogP contribution in [0.5, 0.6) is 0 Å². The molecule has 0 saturated carbocycles. The Hall–Kier alpha value is -2.08. The molecule has 0 radical (unpaired) electrons. The molecule has 6 heteroatoms. The Morgan fingerprint density at radius 2 is 2.00 bits per heavy atom. The fourth-order valence-electron chi connectivity index (χ4n) is 3.13. The highest BCUT2D eigenvalue weighted by molar-refractivity contribution is 5.96. The number of hydrogen-bond acceptors (Lipinski definition) is 4. The number of aryl methyl sites for hydroxylation is 2. The van der Waals surface area contributed by atoms with Crippen LogP contribution in [0.1, 0.15) is 41.4 Å². The minimum atomic E-state index is 0.0483. The number of nitrogens with zero attached hydrogens (tertiary/aromatic N) is 3. The molecule has 1 saturated heterocycles. The summed E-state index contributed by atoms with van der Waals surface area (Å²) >= 11 is 0. The maximum absolute atomic E-state index is 13.0. The monoisotopic (exact) mass is 317 g/mol. The molecule has 2 atom stereocenters. The molecule has 23 heavy (non-hydrogen) atoms. The van der Waals surface area contributed by atoms with E-state index < -0.39 is 0 Å². The van der Waals surface area contributed by atoms with Crippen molar-refractivity contribution in [3.63, 3.8) is 0 Å². The summed E-state index contributed by atoms with van der Waals surface area (Å²) in [6.07, 6.45) is 0.0665. The molecule has 6 nitrogen and oxygen atoms in total. The van der Waals surface area contributed by atoms with Crippen molar-refractivity contribution in [2.75, 3.05) is 13.2 Å². The van der Waals surface area contributed by atoms with Crippen LogP contribution in [0.4, 0.5) is 0 Å². The van der Waals surface area contributed by atoms with Crippen molar-refractivity contribution in [2.24, 2.45) is 0 Å². The third-order valence-electron chi connectivity index (χ3n) is 4.37. The third kappa shape index (κ3) is 2.79. The van der Waals surface area contributed by atoms with Gasteiger partial charge in [0.15, 0.2) is 5.82 Å². The highest BCUT2D eigenvalue weighted by Gasteiger charge is 2.30. The quantitative estimate of drug-likeness (QED) is 0.854. The average molecular weight is 317 g/mol. The third-order valence-corrected chi connectivity index (χ3v) is 4.37. The van der Waals surface area contributed by atoms with Gasteiger partial charge in [-0.2, -0.15) is 0 Å². The first-order valence-electron chi connectivity index (χ1n) is 7.93. The Balaban J connectivity index is 1.96. The number of aromatic nitrogens is 2. The van der Waals surface area contributed by atoms with Gasteiger partial charge < -0.3 is 14.2 Å². The van der Waals surface area contributed by atoms with Crippen LogP contribution < -0.4 is 0 Å². The summed E-state index contributed by atoms with van der Waals surface area (Å²) < 4.78 is 12.7. The average Bonchev–Trinajstić information content (AvgIpc) is 3.04. The number of ether oxygens (including phenoxy) is 1. The first-order valence-corrected chi connectivity index (χ1v) is 7.93. The zero-order valence-electron chi connectivity index (χ0n) is 14.3. The van der Waals surface area contributed by atoms with Crippen molar-refractivity contribution in [2.45, 2.75) is 46.8 Å². The standard InChI is InChI=1S/C17H23N3O3/c1-10-6-15(14(5)20(10)16-7-12(3)23-18-16)17(21)19-8-13(4)22-9-11(19)2/h6-7,11,13H,8-9H2,1-5H3. The molecule has 2 aromatic heterocycles. The van der Waals surface area contributed by atoms with E-state index in [0.717, 1.165) is 17.1 Å². The van der Waals surface area contributed by atoms with E-state index in [1.165, 1.54) is 0 Å². The van der Waals surface area contributed by atoms with Crippen molar-refractivity contribution in [3.8, 4) is 5.82 Å². The lowest BCUT2D eigenvalue weighted by molar-refractivity contribution is -0.0387. The number of amides is 1. The summed E-state index contributed by atoms with van der Waals surface area (Å²) in [7, 11) is 0. The van der Waals surface area contributed by atoms with Gasteiger partial charge in [-0.3, -0.25) is 9.36 Å². The van der Waals surface area contributed by atoms with E-state index >= 15 is 0 Å². The Morgan fingerprint density at radius 3 is 2.65 bits per heavy atom. The Morgan fingerprint density at radius 1 is 1.26 bits per heavy atom. The lowest BCUT2D eigenvalue weighted by Crippen LogP contribution is -2.50. The lowest BCUT2D eigenvalue weighted by Gasteiger charge is -2.36. The molecule has 1 amide bonds. The number of hydrogen-bond donors (Lipinski definition) is 0. The van der Waals surface area contributed by atoms with Crippen molar-refractivity contribution in [1.82, 2.24) is 14.6 Å². The van der Waals surface area contributed by atoms with Crippen LogP contribution in [-0.4, -0.2) is 45.8 Å². The maximum Gasteiger partial charge on any atom is 0.256 e. The second-order valence-electron chi connectivity index (χ2n) is 6.37. The van der Waals surface area contributed by atoms with Crippen molar-refractivity contribution >= 4 is 5.91 Å². The molecule has 0 bridgehead atoms. The summed E-state index contributed by atoms with van der Waals surface area (Å²) in [4.78, 5) is 14.9. The fourth-order valence-corrected chi connectivity index (χ4v) is 3.13. The largest absolute Gasteiger partial charge is 0.375 e. The van der Waals surface area contributed by atoms with Crippen molar-refractivity contribution in [3.05, 3.63) is 34.8 Å². The van der Waals surface area contributed by atoms with E-state index in [9.17, 15) is 4.79 Å². The normalized spacial score (nSPS) is 21.7. The molecular weight excluding hydrogens is 294 g/mol. The molecule has 1 aliphatic heterocycles. The van der Waals surface area contributed by atoms with Gasteiger partial charge in [-0.25, -0.2) is 0 Å². The molecule has 0 aromatic carbocycles. The van der Waals surface area contributed by atoms with E-state index in [4.69, 9.17) is 9.26 Å². The van der Waals surface area contributed by atoms with Crippen LogP contribution in [0.25, 0.3) is 5.82 Å².